The smallest absolute Gasteiger partial charge is 0.252 e. The number of aromatic nitrogens is 2. The van der Waals surface area contributed by atoms with E-state index in [4.69, 9.17) is 10.5 Å². The first-order valence-electron chi connectivity index (χ1n) is 7.04. The van der Waals surface area contributed by atoms with E-state index in [0.29, 0.717) is 11.3 Å². The highest BCUT2D eigenvalue weighted by Crippen LogP contribution is 2.25. The van der Waals surface area contributed by atoms with Crippen molar-refractivity contribution in [1.29, 1.82) is 0 Å². The molecule has 3 rings (SSSR count). The molecule has 0 radical (unpaired) electrons. The summed E-state index contributed by atoms with van der Waals surface area (Å²) in [6.07, 6.45) is 0. The Morgan fingerprint density at radius 2 is 1.96 bits per heavy atom. The van der Waals surface area contributed by atoms with Crippen molar-refractivity contribution in [1.82, 2.24) is 10.2 Å². The fourth-order valence-corrected chi connectivity index (χ4v) is 2.86. The van der Waals surface area contributed by atoms with Gasteiger partial charge in [-0.1, -0.05) is 47.7 Å². The SMILES string of the molecule is Cc1ccc(C(N)=O)c(OCc2nnc(-c3ccccc3)s2)c1. The van der Waals surface area contributed by atoms with Gasteiger partial charge in [0.05, 0.1) is 5.56 Å². The van der Waals surface area contributed by atoms with E-state index in [1.165, 1.54) is 11.3 Å². The Morgan fingerprint density at radius 1 is 1.17 bits per heavy atom. The van der Waals surface area contributed by atoms with Crippen molar-refractivity contribution in [2.24, 2.45) is 5.73 Å². The molecule has 0 aliphatic heterocycles. The van der Waals surface area contributed by atoms with E-state index in [2.05, 4.69) is 10.2 Å². The summed E-state index contributed by atoms with van der Waals surface area (Å²) < 4.78 is 5.72. The zero-order valence-corrected chi connectivity index (χ0v) is 13.3. The lowest BCUT2D eigenvalue weighted by molar-refractivity contribution is 0.0996. The maximum Gasteiger partial charge on any atom is 0.252 e. The number of hydrogen-bond donors (Lipinski definition) is 1. The molecular weight excluding hydrogens is 310 g/mol. The van der Waals surface area contributed by atoms with Crippen LogP contribution in [0.3, 0.4) is 0 Å². The molecule has 0 aliphatic carbocycles. The Bertz CT molecular complexity index is 831. The number of primary amides is 1. The molecule has 0 bridgehead atoms. The van der Waals surface area contributed by atoms with Gasteiger partial charge in [-0.25, -0.2) is 0 Å². The van der Waals surface area contributed by atoms with E-state index in [0.717, 1.165) is 21.1 Å². The van der Waals surface area contributed by atoms with Crippen LogP contribution in [0.2, 0.25) is 0 Å². The molecule has 3 aromatic rings. The first-order valence-corrected chi connectivity index (χ1v) is 7.86. The highest BCUT2D eigenvalue weighted by atomic mass is 32.1. The van der Waals surface area contributed by atoms with Crippen LogP contribution in [0, 0.1) is 6.92 Å². The summed E-state index contributed by atoms with van der Waals surface area (Å²) in [5, 5.41) is 9.88. The number of nitrogens with two attached hydrogens (primary N) is 1. The van der Waals surface area contributed by atoms with Gasteiger partial charge in [0, 0.05) is 5.56 Å². The van der Waals surface area contributed by atoms with Crippen molar-refractivity contribution < 1.29 is 9.53 Å². The maximum atomic E-state index is 11.5. The van der Waals surface area contributed by atoms with E-state index < -0.39 is 5.91 Å². The van der Waals surface area contributed by atoms with E-state index in [9.17, 15) is 4.79 Å². The summed E-state index contributed by atoms with van der Waals surface area (Å²) in [5.41, 5.74) is 7.74. The zero-order valence-electron chi connectivity index (χ0n) is 12.5. The van der Waals surface area contributed by atoms with Crippen LogP contribution >= 0.6 is 11.3 Å². The van der Waals surface area contributed by atoms with Gasteiger partial charge in [0.1, 0.15) is 17.4 Å². The molecule has 0 unspecified atom stereocenters. The molecule has 1 heterocycles. The maximum absolute atomic E-state index is 11.5. The van der Waals surface area contributed by atoms with Gasteiger partial charge in [-0.15, -0.1) is 10.2 Å². The Kier molecular flexibility index (Phi) is 4.34. The summed E-state index contributed by atoms with van der Waals surface area (Å²) in [5.74, 6) is -0.0452. The van der Waals surface area contributed by atoms with E-state index in [1.54, 1.807) is 12.1 Å². The lowest BCUT2D eigenvalue weighted by Gasteiger charge is -2.08. The standard InChI is InChI=1S/C17H15N3O2S/c1-11-7-8-13(16(18)21)14(9-11)22-10-15-19-20-17(23-15)12-5-3-2-4-6-12/h2-9H,10H2,1H3,(H2,18,21). The molecule has 1 aromatic heterocycles. The van der Waals surface area contributed by atoms with Gasteiger partial charge in [-0.3, -0.25) is 4.79 Å². The third-order valence-corrected chi connectivity index (χ3v) is 4.19. The van der Waals surface area contributed by atoms with Crippen LogP contribution in [-0.4, -0.2) is 16.1 Å². The third-order valence-electron chi connectivity index (χ3n) is 3.24. The minimum atomic E-state index is -0.512. The van der Waals surface area contributed by atoms with E-state index in [-0.39, 0.29) is 6.61 Å². The summed E-state index contributed by atoms with van der Waals surface area (Å²) in [6.45, 7) is 2.17. The quantitative estimate of drug-likeness (QED) is 0.781. The molecule has 0 saturated heterocycles. The van der Waals surface area contributed by atoms with Crippen LogP contribution in [0.1, 0.15) is 20.9 Å². The van der Waals surface area contributed by atoms with Crippen LogP contribution < -0.4 is 10.5 Å². The van der Waals surface area contributed by atoms with Crippen LogP contribution in [0.5, 0.6) is 5.75 Å². The van der Waals surface area contributed by atoms with Crippen molar-refractivity contribution in [3.63, 3.8) is 0 Å². The largest absolute Gasteiger partial charge is 0.486 e. The van der Waals surface area contributed by atoms with Crippen molar-refractivity contribution in [3.05, 3.63) is 64.7 Å². The molecular formula is C17H15N3O2S. The number of carbonyl (C=O) groups excluding carboxylic acids is 1. The molecule has 0 saturated carbocycles. The Hall–Kier alpha value is -2.73. The van der Waals surface area contributed by atoms with Crippen molar-refractivity contribution in [2.75, 3.05) is 0 Å². The summed E-state index contributed by atoms with van der Waals surface area (Å²) >= 11 is 1.46. The van der Waals surface area contributed by atoms with Gasteiger partial charge < -0.3 is 10.5 Å². The van der Waals surface area contributed by atoms with E-state index in [1.807, 2.05) is 43.3 Å². The second kappa shape index (κ2) is 6.58. The van der Waals surface area contributed by atoms with Crippen molar-refractivity contribution in [3.8, 4) is 16.3 Å². The monoisotopic (exact) mass is 325 g/mol. The molecule has 5 nitrogen and oxygen atoms in total. The van der Waals surface area contributed by atoms with Gasteiger partial charge in [0.2, 0.25) is 0 Å². The van der Waals surface area contributed by atoms with Gasteiger partial charge in [0.25, 0.3) is 5.91 Å². The number of nitrogens with zero attached hydrogens (tertiary/aromatic N) is 2. The first-order chi connectivity index (χ1) is 11.1. The molecule has 2 N–H and O–H groups in total. The number of carbonyl (C=O) groups is 1. The molecule has 2 aromatic carbocycles. The molecule has 1 amide bonds. The number of benzene rings is 2. The predicted molar refractivity (Wildman–Crippen MR) is 89.4 cm³/mol. The van der Waals surface area contributed by atoms with Crippen molar-refractivity contribution in [2.45, 2.75) is 13.5 Å². The second-order valence-corrected chi connectivity index (χ2v) is 6.08. The number of ether oxygens (including phenoxy) is 1. The lowest BCUT2D eigenvalue weighted by atomic mass is 10.1. The van der Waals surface area contributed by atoms with E-state index >= 15 is 0 Å². The number of rotatable bonds is 5. The fraction of sp³-hybridized carbons (Fsp3) is 0.118. The van der Waals surface area contributed by atoms with Crippen LogP contribution in [0.15, 0.2) is 48.5 Å². The minimum Gasteiger partial charge on any atom is -0.486 e. The summed E-state index contributed by atoms with van der Waals surface area (Å²) in [7, 11) is 0. The average molecular weight is 325 g/mol. The molecule has 6 heteroatoms. The predicted octanol–water partition coefficient (Wildman–Crippen LogP) is 3.19. The molecule has 116 valence electrons. The second-order valence-electron chi connectivity index (χ2n) is 5.02. The Morgan fingerprint density at radius 3 is 2.70 bits per heavy atom. The normalized spacial score (nSPS) is 10.5. The highest BCUT2D eigenvalue weighted by molar-refractivity contribution is 7.14. The molecule has 0 spiro atoms. The third kappa shape index (κ3) is 3.54. The van der Waals surface area contributed by atoms with Gasteiger partial charge in [-0.2, -0.15) is 0 Å². The van der Waals surface area contributed by atoms with Crippen LogP contribution in [0.25, 0.3) is 10.6 Å². The highest BCUT2D eigenvalue weighted by Gasteiger charge is 2.12. The van der Waals surface area contributed by atoms with Crippen molar-refractivity contribution >= 4 is 17.2 Å². The van der Waals surface area contributed by atoms with Crippen LogP contribution in [-0.2, 0) is 6.61 Å². The molecule has 0 fully saturated rings. The summed E-state index contributed by atoms with van der Waals surface area (Å²) in [6, 6.07) is 15.1. The Balaban J connectivity index is 1.76. The van der Waals surface area contributed by atoms with Gasteiger partial charge >= 0.3 is 0 Å². The fourth-order valence-electron chi connectivity index (χ4n) is 2.10. The Labute approximate surface area is 137 Å². The molecule has 0 atom stereocenters. The lowest BCUT2D eigenvalue weighted by Crippen LogP contribution is -2.13. The molecule has 23 heavy (non-hydrogen) atoms. The first kappa shape index (κ1) is 15.2. The number of amides is 1. The van der Waals surface area contributed by atoms with Crippen LogP contribution in [0.4, 0.5) is 0 Å². The topological polar surface area (TPSA) is 78.1 Å². The number of aryl methyl sites for hydroxylation is 1. The van der Waals surface area contributed by atoms with Gasteiger partial charge in [0.15, 0.2) is 5.01 Å². The number of hydrogen-bond acceptors (Lipinski definition) is 5. The minimum absolute atomic E-state index is 0.244. The summed E-state index contributed by atoms with van der Waals surface area (Å²) in [4.78, 5) is 11.5. The molecule has 0 aliphatic rings. The average Bonchev–Trinajstić information content (AvgIpc) is 3.02. The zero-order chi connectivity index (χ0) is 16.2. The van der Waals surface area contributed by atoms with Gasteiger partial charge in [-0.05, 0) is 24.6 Å².